The third-order valence-electron chi connectivity index (χ3n) is 2.17. The van der Waals surface area contributed by atoms with E-state index in [2.05, 4.69) is 53.0 Å². The van der Waals surface area contributed by atoms with Gasteiger partial charge in [0.2, 0.25) is 0 Å². The lowest BCUT2D eigenvalue weighted by atomic mass is 10.1. The average molecular weight is 259 g/mol. The fourth-order valence-corrected chi connectivity index (χ4v) is 2.61. The Bertz CT molecular complexity index is 283. The standard InChI is InChI=1S/C9H10IN/c1-6-9-7(5-11-6)3-2-4-8(9)10/h2-4,6,11H,5H2,1H3/t6-/m0/s1. The Morgan fingerprint density at radius 3 is 3.09 bits per heavy atom. The number of hydrogen-bond acceptors (Lipinski definition) is 1. The van der Waals surface area contributed by atoms with Crippen LogP contribution in [-0.2, 0) is 6.54 Å². The van der Waals surface area contributed by atoms with Crippen molar-refractivity contribution >= 4 is 22.6 Å². The summed E-state index contributed by atoms with van der Waals surface area (Å²) in [5.74, 6) is 0. The van der Waals surface area contributed by atoms with Crippen LogP contribution in [-0.4, -0.2) is 0 Å². The summed E-state index contributed by atoms with van der Waals surface area (Å²) in [5, 5.41) is 3.42. The monoisotopic (exact) mass is 259 g/mol. The minimum atomic E-state index is 0.540. The van der Waals surface area contributed by atoms with E-state index in [-0.39, 0.29) is 0 Å². The van der Waals surface area contributed by atoms with E-state index in [0.29, 0.717) is 6.04 Å². The van der Waals surface area contributed by atoms with Gasteiger partial charge in [-0.15, -0.1) is 0 Å². The average Bonchev–Trinajstić information content (AvgIpc) is 2.34. The highest BCUT2D eigenvalue weighted by molar-refractivity contribution is 14.1. The van der Waals surface area contributed by atoms with Crippen molar-refractivity contribution in [2.75, 3.05) is 0 Å². The summed E-state index contributed by atoms with van der Waals surface area (Å²) >= 11 is 2.40. The first kappa shape index (κ1) is 7.55. The highest BCUT2D eigenvalue weighted by Crippen LogP contribution is 2.28. The van der Waals surface area contributed by atoms with Crippen LogP contribution >= 0.6 is 22.6 Å². The van der Waals surface area contributed by atoms with Crippen LogP contribution in [0.15, 0.2) is 18.2 Å². The maximum Gasteiger partial charge on any atom is 0.0308 e. The van der Waals surface area contributed by atoms with Crippen LogP contribution in [0.3, 0.4) is 0 Å². The van der Waals surface area contributed by atoms with E-state index in [1.54, 1.807) is 0 Å². The first-order valence-corrected chi connectivity index (χ1v) is 4.87. The molecule has 0 fully saturated rings. The molecule has 0 amide bonds. The van der Waals surface area contributed by atoms with Crippen LogP contribution in [0, 0.1) is 3.57 Å². The number of rotatable bonds is 0. The predicted molar refractivity (Wildman–Crippen MR) is 54.4 cm³/mol. The van der Waals surface area contributed by atoms with E-state index in [0.717, 1.165) is 6.54 Å². The Kier molecular flexibility index (Phi) is 1.89. The second kappa shape index (κ2) is 2.75. The van der Waals surface area contributed by atoms with Gasteiger partial charge in [-0.25, -0.2) is 0 Å². The number of benzene rings is 1. The minimum Gasteiger partial charge on any atom is -0.306 e. The van der Waals surface area contributed by atoms with Gasteiger partial charge in [0.25, 0.3) is 0 Å². The normalized spacial score (nSPS) is 21.8. The summed E-state index contributed by atoms with van der Waals surface area (Å²) in [6.45, 7) is 3.25. The van der Waals surface area contributed by atoms with Crippen LogP contribution in [0.1, 0.15) is 24.1 Å². The minimum absolute atomic E-state index is 0.540. The highest BCUT2D eigenvalue weighted by atomic mass is 127. The molecule has 1 aromatic rings. The van der Waals surface area contributed by atoms with Crippen LogP contribution in [0.4, 0.5) is 0 Å². The first-order chi connectivity index (χ1) is 5.29. The lowest BCUT2D eigenvalue weighted by Crippen LogP contribution is -2.07. The molecule has 0 bridgehead atoms. The molecule has 1 aromatic carbocycles. The second-order valence-corrected chi connectivity index (χ2v) is 4.08. The Morgan fingerprint density at radius 2 is 2.36 bits per heavy atom. The lowest BCUT2D eigenvalue weighted by molar-refractivity contribution is 0.632. The van der Waals surface area contributed by atoms with Crippen LogP contribution < -0.4 is 5.32 Å². The zero-order valence-electron chi connectivity index (χ0n) is 6.39. The van der Waals surface area contributed by atoms with Gasteiger partial charge in [-0.05, 0) is 46.7 Å². The molecule has 0 saturated heterocycles. The summed E-state index contributed by atoms with van der Waals surface area (Å²) in [7, 11) is 0. The number of halogens is 1. The molecule has 0 spiro atoms. The number of nitrogens with one attached hydrogen (secondary N) is 1. The van der Waals surface area contributed by atoms with Crippen molar-refractivity contribution in [3.05, 3.63) is 32.9 Å². The summed E-state index contributed by atoms with van der Waals surface area (Å²) in [5.41, 5.74) is 2.96. The molecule has 1 N–H and O–H groups in total. The molecule has 0 aromatic heterocycles. The lowest BCUT2D eigenvalue weighted by Gasteiger charge is -2.05. The SMILES string of the molecule is C[C@@H]1NCc2cccc(I)c21. The van der Waals surface area contributed by atoms with Crippen molar-refractivity contribution in [3.63, 3.8) is 0 Å². The Hall–Kier alpha value is -0.0900. The van der Waals surface area contributed by atoms with Crippen molar-refractivity contribution in [1.82, 2.24) is 5.32 Å². The number of fused-ring (bicyclic) bond motifs is 1. The summed E-state index contributed by atoms with van der Waals surface area (Å²) in [6.07, 6.45) is 0. The zero-order chi connectivity index (χ0) is 7.84. The van der Waals surface area contributed by atoms with Gasteiger partial charge in [0.05, 0.1) is 0 Å². The Morgan fingerprint density at radius 1 is 1.55 bits per heavy atom. The molecular weight excluding hydrogens is 249 g/mol. The largest absolute Gasteiger partial charge is 0.306 e. The Balaban J connectivity index is 2.58. The first-order valence-electron chi connectivity index (χ1n) is 3.79. The van der Waals surface area contributed by atoms with Gasteiger partial charge in [0.1, 0.15) is 0 Å². The summed E-state index contributed by atoms with van der Waals surface area (Å²) in [4.78, 5) is 0. The predicted octanol–water partition coefficient (Wildman–Crippen LogP) is 2.46. The molecule has 2 rings (SSSR count). The van der Waals surface area contributed by atoms with Crippen LogP contribution in [0.5, 0.6) is 0 Å². The molecular formula is C9H10IN. The van der Waals surface area contributed by atoms with Gasteiger partial charge in [-0.3, -0.25) is 0 Å². The van der Waals surface area contributed by atoms with Gasteiger partial charge in [-0.2, -0.15) is 0 Å². The molecule has 1 nitrogen and oxygen atoms in total. The van der Waals surface area contributed by atoms with Crippen LogP contribution in [0.25, 0.3) is 0 Å². The topological polar surface area (TPSA) is 12.0 Å². The van der Waals surface area contributed by atoms with Gasteiger partial charge < -0.3 is 5.32 Å². The fraction of sp³-hybridized carbons (Fsp3) is 0.333. The molecule has 1 aliphatic heterocycles. The van der Waals surface area contributed by atoms with E-state index >= 15 is 0 Å². The van der Waals surface area contributed by atoms with E-state index in [9.17, 15) is 0 Å². The van der Waals surface area contributed by atoms with E-state index in [1.807, 2.05) is 0 Å². The maximum atomic E-state index is 3.42. The Labute approximate surface area is 80.3 Å². The molecule has 1 atom stereocenters. The smallest absolute Gasteiger partial charge is 0.0308 e. The van der Waals surface area contributed by atoms with Crippen LogP contribution in [0.2, 0.25) is 0 Å². The van der Waals surface area contributed by atoms with Crippen molar-refractivity contribution in [2.45, 2.75) is 19.5 Å². The van der Waals surface area contributed by atoms with Crippen molar-refractivity contribution in [2.24, 2.45) is 0 Å². The van der Waals surface area contributed by atoms with Crippen molar-refractivity contribution in [1.29, 1.82) is 0 Å². The molecule has 0 radical (unpaired) electrons. The molecule has 0 saturated carbocycles. The van der Waals surface area contributed by atoms with Crippen molar-refractivity contribution in [3.8, 4) is 0 Å². The van der Waals surface area contributed by atoms with Crippen molar-refractivity contribution < 1.29 is 0 Å². The van der Waals surface area contributed by atoms with Gasteiger partial charge >= 0.3 is 0 Å². The molecule has 0 aliphatic carbocycles. The molecule has 11 heavy (non-hydrogen) atoms. The van der Waals surface area contributed by atoms with Gasteiger partial charge in [-0.1, -0.05) is 12.1 Å². The summed E-state index contributed by atoms with van der Waals surface area (Å²) in [6, 6.07) is 7.04. The second-order valence-electron chi connectivity index (χ2n) is 2.92. The van der Waals surface area contributed by atoms with Gasteiger partial charge in [0, 0.05) is 16.2 Å². The van der Waals surface area contributed by atoms with E-state index in [1.165, 1.54) is 14.7 Å². The number of hydrogen-bond donors (Lipinski definition) is 1. The molecule has 2 heteroatoms. The fourth-order valence-electron chi connectivity index (χ4n) is 1.59. The third kappa shape index (κ3) is 1.18. The molecule has 0 unspecified atom stereocenters. The zero-order valence-corrected chi connectivity index (χ0v) is 8.55. The quantitative estimate of drug-likeness (QED) is 0.706. The van der Waals surface area contributed by atoms with Gasteiger partial charge in [0.15, 0.2) is 0 Å². The van der Waals surface area contributed by atoms with E-state index in [4.69, 9.17) is 0 Å². The maximum absolute atomic E-state index is 3.42. The summed E-state index contributed by atoms with van der Waals surface area (Å²) < 4.78 is 1.39. The molecule has 1 aliphatic rings. The van der Waals surface area contributed by atoms with E-state index < -0.39 is 0 Å². The highest BCUT2D eigenvalue weighted by Gasteiger charge is 2.19. The third-order valence-corrected chi connectivity index (χ3v) is 3.12. The molecule has 1 heterocycles. The molecule has 58 valence electrons.